The van der Waals surface area contributed by atoms with Crippen molar-refractivity contribution in [1.29, 1.82) is 0 Å². The lowest BCUT2D eigenvalue weighted by Gasteiger charge is -2.00. The molecule has 0 unspecified atom stereocenters. The van der Waals surface area contributed by atoms with E-state index in [9.17, 15) is 9.59 Å². The summed E-state index contributed by atoms with van der Waals surface area (Å²) in [5.41, 5.74) is 0.803. The van der Waals surface area contributed by atoms with Crippen molar-refractivity contribution in [2.75, 3.05) is 0 Å². The van der Waals surface area contributed by atoms with E-state index in [4.69, 9.17) is 11.6 Å². The number of aryl methyl sites for hydroxylation is 1. The second kappa shape index (κ2) is 5.63. The van der Waals surface area contributed by atoms with E-state index in [1.807, 2.05) is 31.2 Å². The molecule has 0 saturated carbocycles. The topological polar surface area (TPSA) is 34.1 Å². The summed E-state index contributed by atoms with van der Waals surface area (Å²) in [6, 6.07) is 7.90. The van der Waals surface area contributed by atoms with Crippen molar-refractivity contribution in [2.24, 2.45) is 0 Å². The molecule has 0 fully saturated rings. The molecule has 0 radical (unpaired) electrons. The number of hydrogen-bond acceptors (Lipinski definition) is 3. The summed E-state index contributed by atoms with van der Waals surface area (Å²) < 4.78 is 1.13. The van der Waals surface area contributed by atoms with E-state index < -0.39 is 0 Å². The first-order valence-corrected chi connectivity index (χ1v) is 6.98. The smallest absolute Gasteiger partial charge is 0.221 e. The molecule has 1 aromatic carbocycles. The second-order valence-corrected chi connectivity index (χ2v) is 5.84. The monoisotopic (exact) mass is 280 g/mol. The molecule has 0 spiro atoms. The molecule has 2 aromatic rings. The third kappa shape index (κ3) is 2.79. The van der Waals surface area contributed by atoms with Gasteiger partial charge in [0.2, 0.25) is 5.24 Å². The van der Waals surface area contributed by atoms with Gasteiger partial charge in [0.25, 0.3) is 0 Å². The highest BCUT2D eigenvalue weighted by Crippen LogP contribution is 2.31. The molecule has 2 rings (SSSR count). The lowest BCUT2D eigenvalue weighted by atomic mass is 10.0. The van der Waals surface area contributed by atoms with Gasteiger partial charge in [-0.2, -0.15) is 0 Å². The third-order valence-electron chi connectivity index (χ3n) is 2.83. The van der Waals surface area contributed by atoms with Crippen LogP contribution in [-0.4, -0.2) is 11.0 Å². The Morgan fingerprint density at radius 1 is 1.22 bits per heavy atom. The van der Waals surface area contributed by atoms with Crippen LogP contribution in [-0.2, 0) is 4.79 Å². The molecule has 4 heteroatoms. The lowest BCUT2D eigenvalue weighted by Crippen LogP contribution is -2.00. The number of carbonyl (C=O) groups is 2. The third-order valence-corrected chi connectivity index (χ3v) is 4.10. The Morgan fingerprint density at radius 2 is 1.94 bits per heavy atom. The molecule has 1 aromatic heterocycles. The van der Waals surface area contributed by atoms with Crippen molar-refractivity contribution in [3.05, 3.63) is 34.7 Å². The molecule has 94 valence electrons. The van der Waals surface area contributed by atoms with Gasteiger partial charge in [0.1, 0.15) is 0 Å². The SMILES string of the molecule is Cc1sc2ccccc2c1C(=O)CCCC(=O)Cl. The van der Waals surface area contributed by atoms with Gasteiger partial charge in [0.05, 0.1) is 0 Å². The summed E-state index contributed by atoms with van der Waals surface area (Å²) in [4.78, 5) is 23.9. The fourth-order valence-electron chi connectivity index (χ4n) is 2.03. The number of hydrogen-bond donors (Lipinski definition) is 0. The molecule has 0 aliphatic carbocycles. The molecule has 0 saturated heterocycles. The first kappa shape index (κ1) is 13.2. The largest absolute Gasteiger partial charge is 0.294 e. The zero-order valence-corrected chi connectivity index (χ0v) is 11.6. The number of rotatable bonds is 5. The minimum absolute atomic E-state index is 0.0999. The van der Waals surface area contributed by atoms with E-state index in [1.54, 1.807) is 11.3 Å². The molecule has 0 bridgehead atoms. The number of fused-ring (bicyclic) bond motifs is 1. The Morgan fingerprint density at radius 3 is 2.67 bits per heavy atom. The first-order valence-electron chi connectivity index (χ1n) is 5.79. The quantitative estimate of drug-likeness (QED) is 0.603. The van der Waals surface area contributed by atoms with Crippen molar-refractivity contribution < 1.29 is 9.59 Å². The maximum absolute atomic E-state index is 12.2. The van der Waals surface area contributed by atoms with Crippen LogP contribution in [0.3, 0.4) is 0 Å². The summed E-state index contributed by atoms with van der Waals surface area (Å²) in [5.74, 6) is 0.0999. The summed E-state index contributed by atoms with van der Waals surface area (Å²) in [7, 11) is 0. The van der Waals surface area contributed by atoms with Gasteiger partial charge in [0, 0.05) is 33.4 Å². The molecule has 0 amide bonds. The van der Waals surface area contributed by atoms with Gasteiger partial charge in [-0.25, -0.2) is 0 Å². The van der Waals surface area contributed by atoms with Crippen LogP contribution in [0.1, 0.15) is 34.5 Å². The molecule has 0 aliphatic rings. The van der Waals surface area contributed by atoms with Crippen LogP contribution in [0.5, 0.6) is 0 Å². The maximum Gasteiger partial charge on any atom is 0.221 e. The van der Waals surface area contributed by atoms with Crippen LogP contribution in [0.2, 0.25) is 0 Å². The number of benzene rings is 1. The van der Waals surface area contributed by atoms with Gasteiger partial charge in [-0.15, -0.1) is 11.3 Å². The van der Waals surface area contributed by atoms with Crippen LogP contribution >= 0.6 is 22.9 Å². The van der Waals surface area contributed by atoms with Crippen molar-refractivity contribution in [2.45, 2.75) is 26.2 Å². The van der Waals surface area contributed by atoms with Crippen molar-refractivity contribution >= 4 is 44.0 Å². The maximum atomic E-state index is 12.2. The van der Waals surface area contributed by atoms with Gasteiger partial charge in [-0.1, -0.05) is 18.2 Å². The minimum atomic E-state index is -0.380. The molecule has 1 heterocycles. The van der Waals surface area contributed by atoms with Gasteiger partial charge in [-0.3, -0.25) is 9.59 Å². The van der Waals surface area contributed by atoms with E-state index in [2.05, 4.69) is 0 Å². The molecular formula is C14H13ClO2S. The fourth-order valence-corrected chi connectivity index (χ4v) is 3.24. The zero-order chi connectivity index (χ0) is 13.1. The van der Waals surface area contributed by atoms with Crippen molar-refractivity contribution in [3.8, 4) is 0 Å². The Kier molecular flexibility index (Phi) is 4.15. The number of ketones is 1. The fraction of sp³-hybridized carbons (Fsp3) is 0.286. The molecule has 0 aliphatic heterocycles. The molecular weight excluding hydrogens is 268 g/mol. The van der Waals surface area contributed by atoms with Crippen LogP contribution in [0.25, 0.3) is 10.1 Å². The Bertz CT molecular complexity index is 601. The van der Waals surface area contributed by atoms with Crippen LogP contribution in [0, 0.1) is 6.92 Å². The Balaban J connectivity index is 2.22. The van der Waals surface area contributed by atoms with Gasteiger partial charge in [-0.05, 0) is 31.0 Å². The highest BCUT2D eigenvalue weighted by atomic mass is 35.5. The number of Topliss-reactive ketones (excluding diaryl/α,β-unsaturated/α-hetero) is 1. The van der Waals surface area contributed by atoms with Crippen LogP contribution in [0.15, 0.2) is 24.3 Å². The molecule has 2 nitrogen and oxygen atoms in total. The van der Waals surface area contributed by atoms with E-state index >= 15 is 0 Å². The number of carbonyl (C=O) groups excluding carboxylic acids is 2. The predicted molar refractivity (Wildman–Crippen MR) is 75.6 cm³/mol. The van der Waals surface area contributed by atoms with E-state index in [0.29, 0.717) is 12.8 Å². The van der Waals surface area contributed by atoms with E-state index in [0.717, 1.165) is 20.5 Å². The number of thiophene rings is 1. The summed E-state index contributed by atoms with van der Waals surface area (Å²) in [5, 5.41) is 0.636. The Labute approximate surface area is 115 Å². The average molecular weight is 281 g/mol. The summed E-state index contributed by atoms with van der Waals surface area (Å²) >= 11 is 6.90. The van der Waals surface area contributed by atoms with E-state index in [1.165, 1.54) is 0 Å². The predicted octanol–water partition coefficient (Wildman–Crippen LogP) is 4.33. The highest BCUT2D eigenvalue weighted by molar-refractivity contribution is 7.19. The zero-order valence-electron chi connectivity index (χ0n) is 10.0. The molecule has 0 N–H and O–H groups in total. The average Bonchev–Trinajstić information content (AvgIpc) is 2.64. The second-order valence-electron chi connectivity index (χ2n) is 4.16. The molecule has 0 atom stereocenters. The Hall–Kier alpha value is -1.19. The van der Waals surface area contributed by atoms with E-state index in [-0.39, 0.29) is 17.4 Å². The van der Waals surface area contributed by atoms with Crippen LogP contribution < -0.4 is 0 Å². The summed E-state index contributed by atoms with van der Waals surface area (Å²) in [6.07, 6.45) is 1.15. The van der Waals surface area contributed by atoms with Crippen LogP contribution in [0.4, 0.5) is 0 Å². The summed E-state index contributed by atoms with van der Waals surface area (Å²) in [6.45, 7) is 1.96. The normalized spacial score (nSPS) is 10.8. The minimum Gasteiger partial charge on any atom is -0.294 e. The standard InChI is InChI=1S/C14H13ClO2S/c1-9-14(11(16)6-4-8-13(15)17)10-5-2-3-7-12(10)18-9/h2-3,5,7H,4,6,8H2,1H3. The lowest BCUT2D eigenvalue weighted by molar-refractivity contribution is -0.111. The first-order chi connectivity index (χ1) is 8.59. The van der Waals surface area contributed by atoms with Gasteiger partial charge >= 0.3 is 0 Å². The van der Waals surface area contributed by atoms with Gasteiger partial charge < -0.3 is 0 Å². The highest BCUT2D eigenvalue weighted by Gasteiger charge is 2.15. The van der Waals surface area contributed by atoms with Gasteiger partial charge in [0.15, 0.2) is 5.78 Å². The van der Waals surface area contributed by atoms with Crippen molar-refractivity contribution in [3.63, 3.8) is 0 Å². The number of halogens is 1. The van der Waals surface area contributed by atoms with Crippen molar-refractivity contribution in [1.82, 2.24) is 0 Å². The molecule has 18 heavy (non-hydrogen) atoms.